The van der Waals surface area contributed by atoms with Gasteiger partial charge in [0.1, 0.15) is 5.75 Å². The summed E-state index contributed by atoms with van der Waals surface area (Å²) in [5.74, 6) is 0.567. The van der Waals surface area contributed by atoms with Crippen LogP contribution in [0.2, 0.25) is 5.02 Å². The molecule has 28 heavy (non-hydrogen) atoms. The van der Waals surface area contributed by atoms with E-state index in [0.717, 1.165) is 12.1 Å². The number of halogens is 1. The zero-order chi connectivity index (χ0) is 20.3. The lowest BCUT2D eigenvalue weighted by atomic mass is 10.2. The summed E-state index contributed by atoms with van der Waals surface area (Å²) < 4.78 is 33.2. The number of aromatic nitrogens is 2. The van der Waals surface area contributed by atoms with Crippen LogP contribution in [0.5, 0.6) is 11.6 Å². The molecular formula is C17H13ClN4O5S. The van der Waals surface area contributed by atoms with Gasteiger partial charge in [0.25, 0.3) is 15.7 Å². The molecule has 0 saturated heterocycles. The molecule has 0 radical (unpaired) electrons. The van der Waals surface area contributed by atoms with Crippen molar-refractivity contribution in [3.63, 3.8) is 0 Å². The number of ether oxygens (including phenoxy) is 1. The number of nitro benzene ring substituents is 1. The summed E-state index contributed by atoms with van der Waals surface area (Å²) in [6.07, 6.45) is 4.35. The van der Waals surface area contributed by atoms with Gasteiger partial charge in [-0.15, -0.1) is 0 Å². The lowest BCUT2D eigenvalue weighted by molar-refractivity contribution is -0.385. The van der Waals surface area contributed by atoms with Gasteiger partial charge in [-0.25, -0.2) is 13.4 Å². The molecule has 11 heteroatoms. The first-order valence-electron chi connectivity index (χ1n) is 7.77. The van der Waals surface area contributed by atoms with Crippen LogP contribution >= 0.6 is 11.6 Å². The Morgan fingerprint density at radius 3 is 2.68 bits per heavy atom. The van der Waals surface area contributed by atoms with Gasteiger partial charge in [-0.05, 0) is 25.1 Å². The van der Waals surface area contributed by atoms with E-state index in [4.69, 9.17) is 16.3 Å². The highest BCUT2D eigenvalue weighted by Crippen LogP contribution is 2.31. The summed E-state index contributed by atoms with van der Waals surface area (Å²) in [5.41, 5.74) is -0.00154. The molecule has 0 fully saturated rings. The quantitative estimate of drug-likeness (QED) is 0.473. The Bertz CT molecular complexity index is 1140. The number of rotatable bonds is 6. The highest BCUT2D eigenvalue weighted by atomic mass is 35.5. The minimum absolute atomic E-state index is 0.0192. The van der Waals surface area contributed by atoms with Gasteiger partial charge < -0.3 is 4.74 Å². The van der Waals surface area contributed by atoms with Gasteiger partial charge in [0, 0.05) is 30.1 Å². The summed E-state index contributed by atoms with van der Waals surface area (Å²) in [7, 11) is -4.12. The van der Waals surface area contributed by atoms with Crippen LogP contribution in [-0.2, 0) is 10.0 Å². The first kappa shape index (κ1) is 19.5. The van der Waals surface area contributed by atoms with Crippen LogP contribution in [0.1, 0.15) is 5.56 Å². The molecule has 9 nitrogen and oxygen atoms in total. The van der Waals surface area contributed by atoms with Gasteiger partial charge in [-0.1, -0.05) is 17.7 Å². The number of nitrogens with zero attached hydrogens (tertiary/aromatic N) is 3. The van der Waals surface area contributed by atoms with Crippen molar-refractivity contribution in [2.45, 2.75) is 11.8 Å². The van der Waals surface area contributed by atoms with Crippen molar-refractivity contribution < 1.29 is 18.1 Å². The lowest BCUT2D eigenvalue weighted by Crippen LogP contribution is -2.13. The highest BCUT2D eigenvalue weighted by molar-refractivity contribution is 7.92. The molecule has 0 saturated carbocycles. The topological polar surface area (TPSA) is 124 Å². The second-order valence-corrected chi connectivity index (χ2v) is 7.67. The van der Waals surface area contributed by atoms with Crippen LogP contribution in [-0.4, -0.2) is 23.3 Å². The SMILES string of the molecule is Cc1c(Cl)cc(S(=O)(=O)Nc2cccc(Oc3cnccn3)c2)cc1[N+](=O)[O-]. The Labute approximate surface area is 165 Å². The maximum absolute atomic E-state index is 12.7. The number of nitro groups is 1. The van der Waals surface area contributed by atoms with Crippen LogP contribution in [0.15, 0.2) is 59.9 Å². The third kappa shape index (κ3) is 4.35. The fourth-order valence-electron chi connectivity index (χ4n) is 2.28. The minimum Gasteiger partial charge on any atom is -0.437 e. The molecule has 1 aromatic heterocycles. The molecule has 2 aromatic carbocycles. The third-order valence-corrected chi connectivity index (χ3v) is 5.40. The highest BCUT2D eigenvalue weighted by Gasteiger charge is 2.22. The third-order valence-electron chi connectivity index (χ3n) is 3.65. The molecule has 0 unspecified atom stereocenters. The normalized spacial score (nSPS) is 11.1. The van der Waals surface area contributed by atoms with E-state index in [1.165, 1.54) is 37.6 Å². The zero-order valence-electron chi connectivity index (χ0n) is 14.4. The Morgan fingerprint density at radius 2 is 2.00 bits per heavy atom. The van der Waals surface area contributed by atoms with Crippen molar-refractivity contribution in [1.29, 1.82) is 0 Å². The van der Waals surface area contributed by atoms with Gasteiger partial charge in [0.2, 0.25) is 5.88 Å². The molecule has 0 aliphatic heterocycles. The molecular weight excluding hydrogens is 408 g/mol. The fourth-order valence-corrected chi connectivity index (χ4v) is 3.65. The predicted molar refractivity (Wildman–Crippen MR) is 102 cm³/mol. The number of sulfonamides is 1. The van der Waals surface area contributed by atoms with Crippen molar-refractivity contribution in [2.75, 3.05) is 4.72 Å². The van der Waals surface area contributed by atoms with Gasteiger partial charge in [-0.3, -0.25) is 19.8 Å². The van der Waals surface area contributed by atoms with Crippen LogP contribution in [0.3, 0.4) is 0 Å². The monoisotopic (exact) mass is 420 g/mol. The van der Waals surface area contributed by atoms with E-state index in [2.05, 4.69) is 14.7 Å². The second kappa shape index (κ2) is 7.79. The Kier molecular flexibility index (Phi) is 5.43. The molecule has 1 N–H and O–H groups in total. The fraction of sp³-hybridized carbons (Fsp3) is 0.0588. The summed E-state index contributed by atoms with van der Waals surface area (Å²) in [6, 6.07) is 8.26. The van der Waals surface area contributed by atoms with E-state index in [9.17, 15) is 18.5 Å². The van der Waals surface area contributed by atoms with Crippen LogP contribution in [0, 0.1) is 17.0 Å². The number of benzene rings is 2. The van der Waals surface area contributed by atoms with Crippen molar-refractivity contribution in [3.05, 3.63) is 75.7 Å². The summed E-state index contributed by atoms with van der Waals surface area (Å²) >= 11 is 5.96. The Hall–Kier alpha value is -3.24. The number of nitrogens with one attached hydrogen (secondary N) is 1. The van der Waals surface area contributed by atoms with Crippen LogP contribution < -0.4 is 9.46 Å². The molecule has 144 valence electrons. The lowest BCUT2D eigenvalue weighted by Gasteiger charge is -2.11. The van der Waals surface area contributed by atoms with Crippen molar-refractivity contribution in [2.24, 2.45) is 0 Å². The standard InChI is InChI=1S/C17H13ClN4O5S/c1-11-15(18)8-14(9-16(11)22(23)24)28(25,26)21-12-3-2-4-13(7-12)27-17-10-19-5-6-20-17/h2-10,21H,1H3. The van der Waals surface area contributed by atoms with Gasteiger partial charge in [0.15, 0.2) is 0 Å². The van der Waals surface area contributed by atoms with Crippen LogP contribution in [0.25, 0.3) is 0 Å². The zero-order valence-corrected chi connectivity index (χ0v) is 15.9. The number of hydrogen-bond acceptors (Lipinski definition) is 7. The molecule has 1 heterocycles. The molecule has 0 amide bonds. The first-order chi connectivity index (χ1) is 13.3. The Morgan fingerprint density at radius 1 is 1.21 bits per heavy atom. The average Bonchev–Trinajstić information content (AvgIpc) is 2.64. The van der Waals surface area contributed by atoms with Gasteiger partial charge in [0.05, 0.1) is 26.7 Å². The largest absolute Gasteiger partial charge is 0.437 e. The minimum atomic E-state index is -4.12. The van der Waals surface area contributed by atoms with E-state index < -0.39 is 14.9 Å². The van der Waals surface area contributed by atoms with E-state index in [1.54, 1.807) is 12.1 Å². The van der Waals surface area contributed by atoms with Crippen LogP contribution in [0.4, 0.5) is 11.4 Å². The molecule has 0 atom stereocenters. The van der Waals surface area contributed by atoms with E-state index in [1.807, 2.05) is 0 Å². The average molecular weight is 421 g/mol. The van der Waals surface area contributed by atoms with Crippen molar-refractivity contribution in [1.82, 2.24) is 9.97 Å². The molecule has 0 aliphatic rings. The maximum atomic E-state index is 12.7. The van der Waals surface area contributed by atoms with E-state index >= 15 is 0 Å². The summed E-state index contributed by atoms with van der Waals surface area (Å²) in [6.45, 7) is 1.44. The molecule has 0 bridgehead atoms. The smallest absolute Gasteiger partial charge is 0.275 e. The Balaban J connectivity index is 1.89. The first-order valence-corrected chi connectivity index (χ1v) is 9.63. The van der Waals surface area contributed by atoms with Gasteiger partial charge in [-0.2, -0.15) is 0 Å². The molecule has 0 aliphatic carbocycles. The van der Waals surface area contributed by atoms with Crippen molar-refractivity contribution >= 4 is 33.0 Å². The molecule has 3 aromatic rings. The maximum Gasteiger partial charge on any atom is 0.275 e. The van der Waals surface area contributed by atoms with E-state index in [0.29, 0.717) is 5.75 Å². The predicted octanol–water partition coefficient (Wildman–Crippen LogP) is 3.94. The number of hydrogen-bond donors (Lipinski definition) is 1. The number of anilines is 1. The molecule has 0 spiro atoms. The second-order valence-electron chi connectivity index (χ2n) is 5.59. The summed E-state index contributed by atoms with van der Waals surface area (Å²) in [5, 5.41) is 11.1. The summed E-state index contributed by atoms with van der Waals surface area (Å²) in [4.78, 5) is 18.0. The van der Waals surface area contributed by atoms with E-state index in [-0.39, 0.29) is 32.7 Å². The van der Waals surface area contributed by atoms with Crippen molar-refractivity contribution in [3.8, 4) is 11.6 Å². The van der Waals surface area contributed by atoms with Gasteiger partial charge >= 0.3 is 0 Å². The molecule has 3 rings (SSSR count).